The molecule has 2 heterocycles. The minimum absolute atomic E-state index is 0.0204. The predicted octanol–water partition coefficient (Wildman–Crippen LogP) is 3.26. The van der Waals surface area contributed by atoms with Gasteiger partial charge in [-0.05, 0) is 43.0 Å². The first-order valence-corrected chi connectivity index (χ1v) is 7.27. The molecular weight excluding hydrogens is 282 g/mol. The minimum atomic E-state index is -1.17. The molecule has 1 aromatic heterocycles. The smallest absolute Gasteiger partial charge is 0.371 e. The Balaban J connectivity index is 1.88. The summed E-state index contributed by atoms with van der Waals surface area (Å²) < 4.78 is 5.14. The maximum atomic E-state index is 12.6. The van der Waals surface area contributed by atoms with Crippen molar-refractivity contribution in [3.8, 4) is 0 Å². The molecule has 0 saturated carbocycles. The van der Waals surface area contributed by atoms with Crippen molar-refractivity contribution in [3.63, 3.8) is 0 Å². The summed E-state index contributed by atoms with van der Waals surface area (Å²) in [5.41, 5.74) is 2.29. The lowest BCUT2D eigenvalue weighted by Gasteiger charge is -2.25. The molecule has 1 atom stereocenters. The molecule has 0 spiro atoms. The van der Waals surface area contributed by atoms with Gasteiger partial charge in [-0.2, -0.15) is 0 Å². The number of furan rings is 1. The number of carbonyl (C=O) groups excluding carboxylic acids is 1. The molecule has 1 aliphatic heterocycles. The highest BCUT2D eigenvalue weighted by atomic mass is 16.4. The molecular formula is C17H17NO4. The number of aromatic carboxylic acids is 1. The summed E-state index contributed by atoms with van der Waals surface area (Å²) in [5.74, 6) is -1.55. The van der Waals surface area contributed by atoms with Crippen molar-refractivity contribution in [2.24, 2.45) is 0 Å². The summed E-state index contributed by atoms with van der Waals surface area (Å²) in [6, 6.07) is 10.8. The molecule has 5 nitrogen and oxygen atoms in total. The van der Waals surface area contributed by atoms with Crippen molar-refractivity contribution >= 4 is 11.9 Å². The first-order chi connectivity index (χ1) is 10.6. The van der Waals surface area contributed by atoms with Gasteiger partial charge in [0.05, 0.1) is 6.04 Å². The Morgan fingerprint density at radius 3 is 2.59 bits per heavy atom. The molecule has 3 rings (SSSR count). The molecule has 5 heteroatoms. The fraction of sp³-hybridized carbons (Fsp3) is 0.294. The lowest BCUT2D eigenvalue weighted by molar-refractivity contribution is 0.0645. The quantitative estimate of drug-likeness (QED) is 0.944. The van der Waals surface area contributed by atoms with E-state index in [0.29, 0.717) is 6.54 Å². The van der Waals surface area contributed by atoms with Gasteiger partial charge in [-0.1, -0.05) is 24.3 Å². The molecule has 1 N–H and O–H groups in total. The average Bonchev–Trinajstić information content (AvgIpc) is 3.16. The lowest BCUT2D eigenvalue weighted by atomic mass is 9.99. The van der Waals surface area contributed by atoms with E-state index in [-0.39, 0.29) is 23.5 Å². The van der Waals surface area contributed by atoms with Crippen molar-refractivity contribution in [1.82, 2.24) is 4.90 Å². The molecule has 1 aromatic carbocycles. The summed E-state index contributed by atoms with van der Waals surface area (Å²) >= 11 is 0. The molecule has 1 fully saturated rings. The number of carboxylic acids is 1. The Bertz CT molecular complexity index is 719. The van der Waals surface area contributed by atoms with E-state index in [1.807, 2.05) is 31.2 Å². The highest BCUT2D eigenvalue weighted by molar-refractivity contribution is 5.94. The Hall–Kier alpha value is -2.56. The van der Waals surface area contributed by atoms with Gasteiger partial charge < -0.3 is 14.4 Å². The van der Waals surface area contributed by atoms with Crippen LogP contribution in [0, 0.1) is 6.92 Å². The van der Waals surface area contributed by atoms with E-state index in [9.17, 15) is 9.59 Å². The van der Waals surface area contributed by atoms with Crippen molar-refractivity contribution in [2.75, 3.05) is 6.54 Å². The number of nitrogens with zero attached hydrogens (tertiary/aromatic N) is 1. The molecule has 1 unspecified atom stereocenters. The van der Waals surface area contributed by atoms with Gasteiger partial charge in [0, 0.05) is 6.54 Å². The summed E-state index contributed by atoms with van der Waals surface area (Å²) in [7, 11) is 0. The monoisotopic (exact) mass is 299 g/mol. The predicted molar refractivity (Wildman–Crippen MR) is 79.9 cm³/mol. The third kappa shape index (κ3) is 2.50. The van der Waals surface area contributed by atoms with Crippen LogP contribution in [0.25, 0.3) is 0 Å². The second-order valence-electron chi connectivity index (χ2n) is 5.48. The Labute approximate surface area is 128 Å². The second-order valence-corrected chi connectivity index (χ2v) is 5.48. The molecule has 22 heavy (non-hydrogen) atoms. The van der Waals surface area contributed by atoms with Crippen LogP contribution >= 0.6 is 0 Å². The van der Waals surface area contributed by atoms with Crippen molar-refractivity contribution in [1.29, 1.82) is 0 Å². The van der Waals surface area contributed by atoms with Crippen LogP contribution in [0.3, 0.4) is 0 Å². The van der Waals surface area contributed by atoms with E-state index < -0.39 is 5.97 Å². The van der Waals surface area contributed by atoms with Gasteiger partial charge in [0.1, 0.15) is 0 Å². The largest absolute Gasteiger partial charge is 0.475 e. The first kappa shape index (κ1) is 14.4. The van der Waals surface area contributed by atoms with E-state index in [1.165, 1.54) is 12.1 Å². The van der Waals surface area contributed by atoms with Crippen molar-refractivity contribution < 1.29 is 19.1 Å². The molecule has 2 aromatic rings. The Morgan fingerprint density at radius 1 is 1.18 bits per heavy atom. The van der Waals surface area contributed by atoms with Crippen molar-refractivity contribution in [3.05, 3.63) is 59.0 Å². The van der Waals surface area contributed by atoms with Gasteiger partial charge in [-0.15, -0.1) is 0 Å². The standard InChI is InChI=1S/C17H17NO4/c1-11-5-2-3-6-12(11)13-7-4-10-18(13)16(19)14-8-9-15(22-14)17(20)21/h2-3,5-6,8-9,13H,4,7,10H2,1H3,(H,20,21). The number of benzene rings is 1. The van der Waals surface area contributed by atoms with Crippen LogP contribution in [0.5, 0.6) is 0 Å². The van der Waals surface area contributed by atoms with Crippen molar-refractivity contribution in [2.45, 2.75) is 25.8 Å². The van der Waals surface area contributed by atoms with Gasteiger partial charge in [0.25, 0.3) is 5.91 Å². The van der Waals surface area contributed by atoms with Gasteiger partial charge in [-0.3, -0.25) is 4.79 Å². The van der Waals surface area contributed by atoms with Crippen LogP contribution in [-0.4, -0.2) is 28.4 Å². The number of hydrogen-bond donors (Lipinski definition) is 1. The van der Waals surface area contributed by atoms with Gasteiger partial charge in [0.15, 0.2) is 5.76 Å². The topological polar surface area (TPSA) is 70.8 Å². The summed E-state index contributed by atoms with van der Waals surface area (Å²) in [4.78, 5) is 25.3. The van der Waals surface area contributed by atoms with Gasteiger partial charge in [0.2, 0.25) is 5.76 Å². The first-order valence-electron chi connectivity index (χ1n) is 7.27. The van der Waals surface area contributed by atoms with Gasteiger partial charge in [-0.25, -0.2) is 4.79 Å². The summed E-state index contributed by atoms with van der Waals surface area (Å²) in [5, 5.41) is 8.89. The van der Waals surface area contributed by atoms with Crippen LogP contribution in [0.2, 0.25) is 0 Å². The molecule has 0 aliphatic carbocycles. The SMILES string of the molecule is Cc1ccccc1C1CCCN1C(=O)c1ccc(C(=O)O)o1. The zero-order valence-corrected chi connectivity index (χ0v) is 12.3. The molecule has 0 bridgehead atoms. The fourth-order valence-electron chi connectivity index (χ4n) is 3.00. The number of likely N-dealkylation sites (tertiary alicyclic amines) is 1. The number of carboxylic acid groups (broad SMARTS) is 1. The highest BCUT2D eigenvalue weighted by Gasteiger charge is 2.32. The molecule has 1 amide bonds. The number of rotatable bonds is 3. The third-order valence-corrected chi connectivity index (χ3v) is 4.09. The number of carbonyl (C=O) groups is 2. The molecule has 1 aliphatic rings. The van der Waals surface area contributed by atoms with Crippen LogP contribution in [0.15, 0.2) is 40.8 Å². The fourth-order valence-corrected chi connectivity index (χ4v) is 3.00. The van der Waals surface area contributed by atoms with E-state index in [4.69, 9.17) is 9.52 Å². The lowest BCUT2D eigenvalue weighted by Crippen LogP contribution is -2.30. The minimum Gasteiger partial charge on any atom is -0.475 e. The van der Waals surface area contributed by atoms with Gasteiger partial charge >= 0.3 is 5.97 Å². The average molecular weight is 299 g/mol. The highest BCUT2D eigenvalue weighted by Crippen LogP contribution is 2.34. The van der Waals surface area contributed by atoms with E-state index in [1.54, 1.807) is 4.90 Å². The number of hydrogen-bond acceptors (Lipinski definition) is 3. The summed E-state index contributed by atoms with van der Waals surface area (Å²) in [6.07, 6.45) is 1.83. The van der Waals surface area contributed by atoms with E-state index >= 15 is 0 Å². The summed E-state index contributed by atoms with van der Waals surface area (Å²) in [6.45, 7) is 2.69. The van der Waals surface area contributed by atoms with Crippen LogP contribution in [-0.2, 0) is 0 Å². The number of aryl methyl sites for hydroxylation is 1. The molecule has 1 saturated heterocycles. The Morgan fingerprint density at radius 2 is 1.91 bits per heavy atom. The number of amides is 1. The molecule has 114 valence electrons. The maximum absolute atomic E-state index is 12.6. The molecule has 0 radical (unpaired) electrons. The van der Waals surface area contributed by atoms with Crippen LogP contribution in [0.1, 0.15) is 51.1 Å². The zero-order valence-electron chi connectivity index (χ0n) is 12.3. The Kier molecular flexibility index (Phi) is 3.71. The van der Waals surface area contributed by atoms with Crippen LogP contribution in [0.4, 0.5) is 0 Å². The van der Waals surface area contributed by atoms with E-state index in [2.05, 4.69) is 0 Å². The second kappa shape index (κ2) is 5.67. The zero-order chi connectivity index (χ0) is 15.7. The third-order valence-electron chi connectivity index (χ3n) is 4.09. The van der Waals surface area contributed by atoms with E-state index in [0.717, 1.165) is 24.0 Å². The van der Waals surface area contributed by atoms with Crippen LogP contribution < -0.4 is 0 Å². The normalized spacial score (nSPS) is 17.7. The maximum Gasteiger partial charge on any atom is 0.371 e.